The van der Waals surface area contributed by atoms with Crippen molar-refractivity contribution in [3.05, 3.63) is 89.0 Å². The fourth-order valence-corrected chi connectivity index (χ4v) is 4.40. The molecule has 1 aliphatic heterocycles. The Morgan fingerprint density at radius 3 is 1.81 bits per heavy atom. The van der Waals surface area contributed by atoms with Crippen molar-refractivity contribution in [1.82, 2.24) is 10.6 Å². The predicted molar refractivity (Wildman–Crippen MR) is 142 cm³/mol. The molecule has 0 aromatic heterocycles. The van der Waals surface area contributed by atoms with Crippen molar-refractivity contribution in [2.24, 2.45) is 5.92 Å². The van der Waals surface area contributed by atoms with Gasteiger partial charge in [-0.15, -0.1) is 0 Å². The molecule has 194 valence electrons. The van der Waals surface area contributed by atoms with Crippen LogP contribution in [-0.4, -0.2) is 45.7 Å². The zero-order chi connectivity index (χ0) is 26.0. The fraction of sp³-hybridized carbons (Fsp3) is 0.333. The lowest BCUT2D eigenvalue weighted by Gasteiger charge is -2.18. The Morgan fingerprint density at radius 2 is 1.30 bits per heavy atom. The van der Waals surface area contributed by atoms with E-state index in [1.165, 1.54) is 0 Å². The highest BCUT2D eigenvalue weighted by atomic mass is 16.5. The number of benzene rings is 3. The first-order valence-electron chi connectivity index (χ1n) is 12.6. The van der Waals surface area contributed by atoms with E-state index in [2.05, 4.69) is 10.6 Å². The van der Waals surface area contributed by atoms with Crippen molar-refractivity contribution in [2.45, 2.75) is 25.7 Å². The highest BCUT2D eigenvalue weighted by Gasteiger charge is 2.27. The Kier molecular flexibility index (Phi) is 9.03. The van der Waals surface area contributed by atoms with Gasteiger partial charge in [-0.1, -0.05) is 36.4 Å². The molecule has 0 spiro atoms. The first kappa shape index (κ1) is 26.1. The number of hydrogen-bond acceptors (Lipinski definition) is 5. The van der Waals surface area contributed by atoms with E-state index in [0.29, 0.717) is 39.0 Å². The summed E-state index contributed by atoms with van der Waals surface area (Å²) in [5, 5.41) is 5.93. The van der Waals surface area contributed by atoms with E-state index in [1.807, 2.05) is 66.7 Å². The maximum atomic E-state index is 13.2. The van der Waals surface area contributed by atoms with Crippen LogP contribution in [0.25, 0.3) is 0 Å². The van der Waals surface area contributed by atoms with E-state index in [9.17, 15) is 9.59 Å². The summed E-state index contributed by atoms with van der Waals surface area (Å²) in [5.74, 6) is 1.09. The second-order valence-corrected chi connectivity index (χ2v) is 9.08. The van der Waals surface area contributed by atoms with Crippen LogP contribution in [0.4, 0.5) is 0 Å². The van der Waals surface area contributed by atoms with Crippen molar-refractivity contribution in [1.29, 1.82) is 0 Å². The number of carbonyl (C=O) groups excluding carboxylic acids is 2. The molecule has 1 heterocycles. The smallest absolute Gasteiger partial charge is 0.232 e. The SMILES string of the molecule is COc1ccc(CCNC(=O)C(Cc2ccc3c(c2)CCO3)C(=O)NCCc2ccc(OC)cc2)cc1. The molecule has 0 aliphatic carbocycles. The maximum absolute atomic E-state index is 13.2. The third kappa shape index (κ3) is 7.26. The lowest BCUT2D eigenvalue weighted by Crippen LogP contribution is -2.43. The number of ether oxygens (including phenoxy) is 3. The Hall–Kier alpha value is -4.00. The summed E-state index contributed by atoms with van der Waals surface area (Å²) < 4.78 is 16.0. The first-order chi connectivity index (χ1) is 18.1. The molecule has 7 heteroatoms. The average molecular weight is 503 g/mol. The summed E-state index contributed by atoms with van der Waals surface area (Å²) in [6.45, 7) is 1.55. The summed E-state index contributed by atoms with van der Waals surface area (Å²) in [6.07, 6.45) is 2.50. The normalized spacial score (nSPS) is 12.0. The average Bonchev–Trinajstić information content (AvgIpc) is 3.40. The van der Waals surface area contributed by atoms with Gasteiger partial charge >= 0.3 is 0 Å². The van der Waals surface area contributed by atoms with Gasteiger partial charge < -0.3 is 24.8 Å². The minimum Gasteiger partial charge on any atom is -0.497 e. The lowest BCUT2D eigenvalue weighted by atomic mass is 9.95. The van der Waals surface area contributed by atoms with Crippen LogP contribution < -0.4 is 24.8 Å². The molecule has 0 bridgehead atoms. The van der Waals surface area contributed by atoms with Crippen LogP contribution in [0.2, 0.25) is 0 Å². The van der Waals surface area contributed by atoms with E-state index >= 15 is 0 Å². The van der Waals surface area contributed by atoms with Gasteiger partial charge in [0, 0.05) is 19.5 Å². The molecule has 0 saturated carbocycles. The maximum Gasteiger partial charge on any atom is 0.232 e. The summed E-state index contributed by atoms with van der Waals surface area (Å²) in [7, 11) is 3.26. The van der Waals surface area contributed by atoms with Crippen molar-refractivity contribution < 1.29 is 23.8 Å². The quantitative estimate of drug-likeness (QED) is 0.370. The molecule has 0 radical (unpaired) electrons. The zero-order valence-electron chi connectivity index (χ0n) is 21.4. The Morgan fingerprint density at radius 1 is 0.784 bits per heavy atom. The van der Waals surface area contributed by atoms with Crippen LogP contribution in [0.5, 0.6) is 17.2 Å². The van der Waals surface area contributed by atoms with Crippen LogP contribution >= 0.6 is 0 Å². The van der Waals surface area contributed by atoms with E-state index in [-0.39, 0.29) is 11.8 Å². The third-order valence-corrected chi connectivity index (χ3v) is 6.57. The van der Waals surface area contributed by atoms with Crippen LogP contribution in [0.15, 0.2) is 66.7 Å². The number of hydrogen-bond donors (Lipinski definition) is 2. The molecule has 0 unspecified atom stereocenters. The minimum atomic E-state index is -0.827. The molecule has 0 fully saturated rings. The van der Waals surface area contributed by atoms with Gasteiger partial charge in [0.2, 0.25) is 11.8 Å². The summed E-state index contributed by atoms with van der Waals surface area (Å²) in [4.78, 5) is 26.4. The molecule has 1 aliphatic rings. The van der Waals surface area contributed by atoms with E-state index in [1.54, 1.807) is 14.2 Å². The van der Waals surface area contributed by atoms with Crippen LogP contribution in [0.1, 0.15) is 22.3 Å². The number of amides is 2. The van der Waals surface area contributed by atoms with Crippen molar-refractivity contribution >= 4 is 11.8 Å². The second-order valence-electron chi connectivity index (χ2n) is 9.08. The first-order valence-corrected chi connectivity index (χ1v) is 12.6. The van der Waals surface area contributed by atoms with Gasteiger partial charge in [0.15, 0.2) is 0 Å². The van der Waals surface area contributed by atoms with Crippen LogP contribution in [0, 0.1) is 5.92 Å². The monoisotopic (exact) mass is 502 g/mol. The van der Waals surface area contributed by atoms with Crippen LogP contribution in [0.3, 0.4) is 0 Å². The van der Waals surface area contributed by atoms with Crippen LogP contribution in [-0.2, 0) is 35.3 Å². The van der Waals surface area contributed by atoms with E-state index < -0.39 is 5.92 Å². The van der Waals surface area contributed by atoms with Crippen molar-refractivity contribution in [3.8, 4) is 17.2 Å². The van der Waals surface area contributed by atoms with Crippen molar-refractivity contribution in [2.75, 3.05) is 33.9 Å². The Bertz CT molecular complexity index is 1130. The van der Waals surface area contributed by atoms with E-state index in [0.717, 1.165) is 45.9 Å². The van der Waals surface area contributed by atoms with E-state index in [4.69, 9.17) is 14.2 Å². The Labute approximate surface area is 218 Å². The predicted octanol–water partition coefficient (Wildman–Crippen LogP) is 3.52. The second kappa shape index (κ2) is 12.8. The molecule has 3 aromatic carbocycles. The number of carbonyl (C=O) groups is 2. The number of fused-ring (bicyclic) bond motifs is 1. The fourth-order valence-electron chi connectivity index (χ4n) is 4.40. The zero-order valence-corrected chi connectivity index (χ0v) is 21.4. The summed E-state index contributed by atoms with van der Waals surface area (Å²) >= 11 is 0. The Balaban J connectivity index is 1.37. The molecule has 0 saturated heterocycles. The molecule has 3 aromatic rings. The topological polar surface area (TPSA) is 85.9 Å². The highest BCUT2D eigenvalue weighted by Crippen LogP contribution is 2.27. The summed E-state index contributed by atoms with van der Waals surface area (Å²) in [5.41, 5.74) is 4.24. The van der Waals surface area contributed by atoms with Gasteiger partial charge in [0.25, 0.3) is 0 Å². The molecule has 2 N–H and O–H groups in total. The minimum absolute atomic E-state index is 0.271. The molecular formula is C30H34N2O5. The van der Waals surface area contributed by atoms with Gasteiger partial charge in [-0.2, -0.15) is 0 Å². The number of methoxy groups -OCH3 is 2. The number of nitrogens with one attached hydrogen (secondary N) is 2. The largest absolute Gasteiger partial charge is 0.497 e. The highest BCUT2D eigenvalue weighted by molar-refractivity contribution is 6.00. The van der Waals surface area contributed by atoms with Gasteiger partial charge in [-0.3, -0.25) is 9.59 Å². The molecule has 7 nitrogen and oxygen atoms in total. The molecule has 2 amide bonds. The van der Waals surface area contributed by atoms with Crippen molar-refractivity contribution in [3.63, 3.8) is 0 Å². The molecule has 0 atom stereocenters. The van der Waals surface area contributed by atoms with Gasteiger partial charge in [0.1, 0.15) is 23.2 Å². The lowest BCUT2D eigenvalue weighted by molar-refractivity contribution is -0.135. The summed E-state index contributed by atoms with van der Waals surface area (Å²) in [6, 6.07) is 21.4. The standard InChI is InChI=1S/C30H34N2O5/c1-35-25-8-3-21(4-9-25)13-16-31-29(33)27(20-23-7-12-28-24(19-23)15-18-37-28)30(34)32-17-14-22-5-10-26(36-2)11-6-22/h3-12,19,27H,13-18,20H2,1-2H3,(H,31,33)(H,32,34). The van der Waals surface area contributed by atoms with Gasteiger partial charge in [-0.25, -0.2) is 0 Å². The third-order valence-electron chi connectivity index (χ3n) is 6.57. The molecule has 37 heavy (non-hydrogen) atoms. The van der Waals surface area contributed by atoms with Gasteiger partial charge in [0.05, 0.1) is 20.8 Å². The molecular weight excluding hydrogens is 468 g/mol. The molecule has 4 rings (SSSR count). The number of rotatable bonds is 12. The van der Waals surface area contributed by atoms with Gasteiger partial charge in [-0.05, 0) is 71.8 Å².